The van der Waals surface area contributed by atoms with E-state index in [1.165, 1.54) is 12.8 Å². The number of sulfonamides is 1. The van der Waals surface area contributed by atoms with Gasteiger partial charge in [0.15, 0.2) is 9.84 Å². The van der Waals surface area contributed by atoms with Crippen molar-refractivity contribution in [3.05, 3.63) is 53.6 Å². The summed E-state index contributed by atoms with van der Waals surface area (Å²) in [6.07, 6.45) is 11.0. The van der Waals surface area contributed by atoms with E-state index in [0.717, 1.165) is 56.0 Å². The first-order chi connectivity index (χ1) is 17.5. The van der Waals surface area contributed by atoms with Gasteiger partial charge in [0.05, 0.1) is 16.4 Å². The molecule has 4 aliphatic rings. The minimum absolute atomic E-state index is 0.211. The molecule has 0 aromatic heterocycles. The quantitative estimate of drug-likeness (QED) is 0.571. The summed E-state index contributed by atoms with van der Waals surface area (Å²) in [4.78, 5) is 15.9. The topological polar surface area (TPSA) is 101 Å². The standard InChI is InChI=1S/C28H34N2O5S2/c1-36(32,33)29-21-9-10-25-24(18-21)28(15-13-27(11-12-27)14-16-28)19-30(25)26(31)20-5-4-8-23(17-20)37(34,35)22-6-2-3-7-22/h4-5,8-10,17-18,22,29H,2-3,6-7,11-16,19H2,1H3. The van der Waals surface area contributed by atoms with Gasteiger partial charge in [-0.2, -0.15) is 0 Å². The molecule has 7 nitrogen and oxygen atoms in total. The van der Waals surface area contributed by atoms with Gasteiger partial charge in [0.1, 0.15) is 0 Å². The van der Waals surface area contributed by atoms with Crippen molar-refractivity contribution in [2.75, 3.05) is 22.4 Å². The Kier molecular flexibility index (Phi) is 5.77. The summed E-state index contributed by atoms with van der Waals surface area (Å²) in [7, 11) is -6.90. The van der Waals surface area contributed by atoms with E-state index in [0.29, 0.717) is 36.1 Å². The molecule has 1 amide bonds. The van der Waals surface area contributed by atoms with Gasteiger partial charge in [0.25, 0.3) is 5.91 Å². The molecule has 0 unspecified atom stereocenters. The maximum Gasteiger partial charge on any atom is 0.258 e. The largest absolute Gasteiger partial charge is 0.307 e. The van der Waals surface area contributed by atoms with Gasteiger partial charge in [-0.3, -0.25) is 9.52 Å². The van der Waals surface area contributed by atoms with Crippen LogP contribution in [-0.4, -0.2) is 40.8 Å². The Balaban J connectivity index is 1.35. The maximum atomic E-state index is 13.9. The predicted octanol–water partition coefficient (Wildman–Crippen LogP) is 5.03. The molecule has 0 bridgehead atoms. The molecule has 3 aliphatic carbocycles. The summed E-state index contributed by atoms with van der Waals surface area (Å²) in [5, 5.41) is -0.369. The Labute approximate surface area is 219 Å². The summed E-state index contributed by atoms with van der Waals surface area (Å²) in [5.41, 5.74) is 2.93. The van der Waals surface area contributed by atoms with Crippen LogP contribution in [0.15, 0.2) is 47.4 Å². The molecule has 1 heterocycles. The van der Waals surface area contributed by atoms with Gasteiger partial charge in [0, 0.05) is 28.9 Å². The molecular formula is C28H34N2O5S2. The van der Waals surface area contributed by atoms with Crippen LogP contribution in [0.2, 0.25) is 0 Å². The minimum Gasteiger partial charge on any atom is -0.307 e. The summed E-state index contributed by atoms with van der Waals surface area (Å²) >= 11 is 0. The van der Waals surface area contributed by atoms with E-state index in [-0.39, 0.29) is 21.5 Å². The van der Waals surface area contributed by atoms with Crippen molar-refractivity contribution in [3.63, 3.8) is 0 Å². The highest BCUT2D eigenvalue weighted by atomic mass is 32.2. The molecule has 2 aromatic rings. The van der Waals surface area contributed by atoms with Crippen LogP contribution in [0.5, 0.6) is 0 Å². The van der Waals surface area contributed by atoms with E-state index in [9.17, 15) is 21.6 Å². The molecule has 37 heavy (non-hydrogen) atoms. The molecule has 0 saturated heterocycles. The number of sulfone groups is 1. The van der Waals surface area contributed by atoms with Crippen molar-refractivity contribution in [1.82, 2.24) is 0 Å². The number of benzene rings is 2. The Morgan fingerprint density at radius 1 is 0.919 bits per heavy atom. The first kappa shape index (κ1) is 24.9. The number of fused-ring (bicyclic) bond motifs is 2. The minimum atomic E-state index is -3.47. The molecule has 0 radical (unpaired) electrons. The van der Waals surface area contributed by atoms with E-state index in [1.54, 1.807) is 35.2 Å². The molecular weight excluding hydrogens is 508 g/mol. The van der Waals surface area contributed by atoms with Crippen molar-refractivity contribution < 1.29 is 21.6 Å². The monoisotopic (exact) mass is 542 g/mol. The fourth-order valence-corrected chi connectivity index (χ4v) is 9.30. The zero-order chi connectivity index (χ0) is 26.1. The van der Waals surface area contributed by atoms with Crippen LogP contribution in [0, 0.1) is 5.41 Å². The third-order valence-electron chi connectivity index (χ3n) is 9.24. The number of anilines is 2. The lowest BCUT2D eigenvalue weighted by atomic mass is 9.66. The summed E-state index contributed by atoms with van der Waals surface area (Å²) < 4.78 is 52.8. The highest BCUT2D eigenvalue weighted by Crippen LogP contribution is 2.62. The molecule has 0 atom stereocenters. The zero-order valence-corrected chi connectivity index (χ0v) is 22.8. The van der Waals surface area contributed by atoms with E-state index in [4.69, 9.17) is 0 Å². The van der Waals surface area contributed by atoms with Gasteiger partial charge < -0.3 is 4.90 Å². The second-order valence-corrected chi connectivity index (χ2v) is 15.7. The Hall–Kier alpha value is -2.39. The Bertz CT molecular complexity index is 1460. The zero-order valence-electron chi connectivity index (χ0n) is 21.2. The number of carbonyl (C=O) groups is 1. The predicted molar refractivity (Wildman–Crippen MR) is 144 cm³/mol. The van der Waals surface area contributed by atoms with E-state index >= 15 is 0 Å². The lowest BCUT2D eigenvalue weighted by molar-refractivity contribution is 0.0980. The SMILES string of the molecule is CS(=O)(=O)Nc1ccc2c(c1)C1(CCC3(CC3)CC1)CN2C(=O)c1cccc(S(=O)(=O)C2CCCC2)c1. The molecule has 1 aliphatic heterocycles. The van der Waals surface area contributed by atoms with Crippen LogP contribution in [0.25, 0.3) is 0 Å². The van der Waals surface area contributed by atoms with E-state index in [2.05, 4.69) is 4.72 Å². The first-order valence-electron chi connectivity index (χ1n) is 13.3. The van der Waals surface area contributed by atoms with Crippen LogP contribution in [-0.2, 0) is 25.3 Å². The van der Waals surface area contributed by atoms with Gasteiger partial charge >= 0.3 is 0 Å². The summed E-state index contributed by atoms with van der Waals surface area (Å²) in [6.45, 7) is 0.527. The molecule has 3 saturated carbocycles. The second-order valence-electron chi connectivity index (χ2n) is 11.8. The number of nitrogens with zero attached hydrogens (tertiary/aromatic N) is 1. The second kappa shape index (κ2) is 8.56. The molecule has 3 fully saturated rings. The van der Waals surface area contributed by atoms with Crippen LogP contribution in [0.3, 0.4) is 0 Å². The van der Waals surface area contributed by atoms with Gasteiger partial charge in [0.2, 0.25) is 10.0 Å². The van der Waals surface area contributed by atoms with Gasteiger partial charge in [-0.1, -0.05) is 18.9 Å². The van der Waals surface area contributed by atoms with E-state index in [1.807, 2.05) is 12.1 Å². The molecule has 198 valence electrons. The van der Waals surface area contributed by atoms with Crippen LogP contribution in [0.1, 0.15) is 80.1 Å². The van der Waals surface area contributed by atoms with Gasteiger partial charge in [-0.25, -0.2) is 16.8 Å². The number of nitrogens with one attached hydrogen (secondary N) is 1. The number of carbonyl (C=O) groups excluding carboxylic acids is 1. The average Bonchev–Trinajstić information content (AvgIpc) is 3.27. The lowest BCUT2D eigenvalue weighted by Crippen LogP contribution is -2.40. The van der Waals surface area contributed by atoms with Crippen molar-refractivity contribution in [2.45, 2.75) is 79.8 Å². The van der Waals surface area contributed by atoms with Crippen LogP contribution in [0.4, 0.5) is 11.4 Å². The van der Waals surface area contributed by atoms with E-state index < -0.39 is 19.9 Å². The third-order valence-corrected chi connectivity index (χ3v) is 12.1. The van der Waals surface area contributed by atoms with Gasteiger partial charge in [-0.15, -0.1) is 0 Å². The van der Waals surface area contributed by atoms with Crippen molar-refractivity contribution in [3.8, 4) is 0 Å². The molecule has 2 spiro atoms. The van der Waals surface area contributed by atoms with Crippen molar-refractivity contribution in [1.29, 1.82) is 0 Å². The average molecular weight is 543 g/mol. The van der Waals surface area contributed by atoms with Crippen LogP contribution < -0.4 is 9.62 Å². The number of hydrogen-bond donors (Lipinski definition) is 1. The third kappa shape index (κ3) is 4.48. The van der Waals surface area contributed by atoms with Crippen LogP contribution >= 0.6 is 0 Å². The first-order valence-corrected chi connectivity index (χ1v) is 16.7. The van der Waals surface area contributed by atoms with Crippen molar-refractivity contribution >= 4 is 37.1 Å². The Morgan fingerprint density at radius 3 is 2.24 bits per heavy atom. The molecule has 2 aromatic carbocycles. The highest BCUT2D eigenvalue weighted by molar-refractivity contribution is 7.92. The highest BCUT2D eigenvalue weighted by Gasteiger charge is 2.53. The maximum absolute atomic E-state index is 13.9. The molecule has 6 rings (SSSR count). The summed E-state index contributed by atoms with van der Waals surface area (Å²) in [6, 6.07) is 11.9. The van der Waals surface area contributed by atoms with Gasteiger partial charge in [-0.05, 0) is 98.7 Å². The fourth-order valence-electron chi connectivity index (χ4n) is 6.84. The lowest BCUT2D eigenvalue weighted by Gasteiger charge is -2.38. The number of amides is 1. The fraction of sp³-hybridized carbons (Fsp3) is 0.536. The number of hydrogen-bond acceptors (Lipinski definition) is 5. The molecule has 1 N–H and O–H groups in total. The molecule has 9 heteroatoms. The smallest absolute Gasteiger partial charge is 0.258 e. The summed E-state index contributed by atoms with van der Waals surface area (Å²) in [5.74, 6) is -0.211. The van der Waals surface area contributed by atoms with Crippen molar-refractivity contribution in [2.24, 2.45) is 5.41 Å². The number of rotatable bonds is 5. The Morgan fingerprint density at radius 2 is 1.59 bits per heavy atom. The normalized spacial score (nSPS) is 22.4.